The number of aromatic amines is 1. The standard InChI is InChI=1S/C16H11ClF2N4O/c17-13-12(18)5-4-11(14(13)19)16(24)20-7-9-2-1-3-10(6-9)15-21-8-22-23-15/h1-6,8H,7H2,(H,20,24)(H,21,22,23). The van der Waals surface area contributed by atoms with E-state index in [1.54, 1.807) is 12.1 Å². The van der Waals surface area contributed by atoms with Crippen LogP contribution in [-0.4, -0.2) is 21.1 Å². The summed E-state index contributed by atoms with van der Waals surface area (Å²) in [5.74, 6) is -2.07. The first kappa shape index (κ1) is 16.1. The number of hydrogen-bond donors (Lipinski definition) is 2. The van der Waals surface area contributed by atoms with E-state index in [9.17, 15) is 13.6 Å². The van der Waals surface area contributed by atoms with Crippen LogP contribution in [0.2, 0.25) is 5.02 Å². The van der Waals surface area contributed by atoms with Gasteiger partial charge in [0, 0.05) is 12.1 Å². The molecule has 122 valence electrons. The number of halogens is 3. The van der Waals surface area contributed by atoms with Crippen molar-refractivity contribution < 1.29 is 13.6 Å². The van der Waals surface area contributed by atoms with Crippen molar-refractivity contribution in [3.8, 4) is 11.4 Å². The van der Waals surface area contributed by atoms with E-state index in [0.717, 1.165) is 23.3 Å². The number of carbonyl (C=O) groups excluding carboxylic acids is 1. The van der Waals surface area contributed by atoms with Gasteiger partial charge in [-0.05, 0) is 23.8 Å². The smallest absolute Gasteiger partial charge is 0.254 e. The molecule has 0 fully saturated rings. The summed E-state index contributed by atoms with van der Waals surface area (Å²) < 4.78 is 27.0. The molecule has 3 rings (SSSR count). The van der Waals surface area contributed by atoms with Crippen LogP contribution in [0.3, 0.4) is 0 Å². The van der Waals surface area contributed by atoms with Gasteiger partial charge in [-0.15, -0.1) is 0 Å². The quantitative estimate of drug-likeness (QED) is 0.710. The molecule has 0 aliphatic heterocycles. The van der Waals surface area contributed by atoms with E-state index in [-0.39, 0.29) is 12.1 Å². The van der Waals surface area contributed by atoms with Crippen LogP contribution in [0.1, 0.15) is 15.9 Å². The van der Waals surface area contributed by atoms with Crippen LogP contribution in [-0.2, 0) is 6.54 Å². The molecule has 0 aliphatic carbocycles. The largest absolute Gasteiger partial charge is 0.348 e. The van der Waals surface area contributed by atoms with E-state index in [1.165, 1.54) is 6.33 Å². The molecule has 2 N–H and O–H groups in total. The van der Waals surface area contributed by atoms with Crippen LogP contribution < -0.4 is 5.32 Å². The summed E-state index contributed by atoms with van der Waals surface area (Å²) in [6.07, 6.45) is 1.39. The SMILES string of the molecule is O=C(NCc1cccc(-c2ncn[nH]2)c1)c1ccc(F)c(Cl)c1F. The van der Waals surface area contributed by atoms with Gasteiger partial charge >= 0.3 is 0 Å². The van der Waals surface area contributed by atoms with Gasteiger partial charge in [-0.25, -0.2) is 13.8 Å². The van der Waals surface area contributed by atoms with Gasteiger partial charge in [-0.3, -0.25) is 9.89 Å². The summed E-state index contributed by atoms with van der Waals surface area (Å²) in [5, 5.41) is 8.39. The van der Waals surface area contributed by atoms with Crippen molar-refractivity contribution in [3.63, 3.8) is 0 Å². The van der Waals surface area contributed by atoms with Gasteiger partial charge in [0.1, 0.15) is 17.2 Å². The van der Waals surface area contributed by atoms with E-state index >= 15 is 0 Å². The fourth-order valence-corrected chi connectivity index (χ4v) is 2.32. The molecule has 1 amide bonds. The number of hydrogen-bond acceptors (Lipinski definition) is 3. The van der Waals surface area contributed by atoms with Crippen molar-refractivity contribution >= 4 is 17.5 Å². The third-order valence-corrected chi connectivity index (χ3v) is 3.69. The molecule has 0 radical (unpaired) electrons. The molecule has 0 saturated carbocycles. The summed E-state index contributed by atoms with van der Waals surface area (Å²) in [7, 11) is 0. The number of aromatic nitrogens is 3. The lowest BCUT2D eigenvalue weighted by atomic mass is 10.1. The highest BCUT2D eigenvalue weighted by Gasteiger charge is 2.17. The number of nitrogens with one attached hydrogen (secondary N) is 2. The maximum Gasteiger partial charge on any atom is 0.254 e. The predicted octanol–water partition coefficient (Wildman–Crippen LogP) is 3.33. The molecule has 0 aliphatic rings. The summed E-state index contributed by atoms with van der Waals surface area (Å²) >= 11 is 5.48. The number of H-pyrrole nitrogens is 1. The second-order valence-electron chi connectivity index (χ2n) is 4.94. The van der Waals surface area contributed by atoms with Crippen LogP contribution in [0.5, 0.6) is 0 Å². The molecule has 1 heterocycles. The van der Waals surface area contributed by atoms with Crippen molar-refractivity contribution in [1.82, 2.24) is 20.5 Å². The number of rotatable bonds is 4. The van der Waals surface area contributed by atoms with Gasteiger partial charge in [-0.2, -0.15) is 5.10 Å². The Labute approximate surface area is 140 Å². The number of benzene rings is 2. The average molecular weight is 349 g/mol. The third kappa shape index (κ3) is 3.26. The minimum atomic E-state index is -1.08. The Morgan fingerprint density at radius 3 is 2.83 bits per heavy atom. The Hall–Kier alpha value is -2.80. The van der Waals surface area contributed by atoms with Crippen LogP contribution in [0.15, 0.2) is 42.7 Å². The first-order valence-electron chi connectivity index (χ1n) is 6.92. The molecule has 8 heteroatoms. The molecule has 3 aromatic rings. The van der Waals surface area contributed by atoms with E-state index in [1.807, 2.05) is 12.1 Å². The Morgan fingerprint density at radius 1 is 1.25 bits per heavy atom. The molecular weight excluding hydrogens is 338 g/mol. The summed E-state index contributed by atoms with van der Waals surface area (Å²) in [6, 6.07) is 9.25. The normalized spacial score (nSPS) is 10.6. The number of amides is 1. The Balaban J connectivity index is 1.73. The fourth-order valence-electron chi connectivity index (χ4n) is 2.15. The Kier molecular flexibility index (Phi) is 4.52. The van der Waals surface area contributed by atoms with Gasteiger partial charge in [0.25, 0.3) is 5.91 Å². The summed E-state index contributed by atoms with van der Waals surface area (Å²) in [4.78, 5) is 16.1. The highest BCUT2D eigenvalue weighted by Crippen LogP contribution is 2.22. The van der Waals surface area contributed by atoms with Gasteiger partial charge in [0.05, 0.1) is 5.56 Å². The van der Waals surface area contributed by atoms with Crippen molar-refractivity contribution in [1.29, 1.82) is 0 Å². The molecule has 0 atom stereocenters. The summed E-state index contributed by atoms with van der Waals surface area (Å²) in [5.41, 5.74) is 1.27. The van der Waals surface area contributed by atoms with Crippen molar-refractivity contribution in [2.75, 3.05) is 0 Å². The molecule has 2 aromatic carbocycles. The highest BCUT2D eigenvalue weighted by atomic mass is 35.5. The average Bonchev–Trinajstić information content (AvgIpc) is 3.13. The lowest BCUT2D eigenvalue weighted by Crippen LogP contribution is -2.24. The second kappa shape index (κ2) is 6.76. The Bertz CT molecular complexity index is 884. The van der Waals surface area contributed by atoms with Gasteiger partial charge in [0.2, 0.25) is 0 Å². The molecule has 0 unspecified atom stereocenters. The molecule has 1 aromatic heterocycles. The predicted molar refractivity (Wildman–Crippen MR) is 84.4 cm³/mol. The zero-order chi connectivity index (χ0) is 17.1. The number of carbonyl (C=O) groups is 1. The van der Waals surface area contributed by atoms with Crippen molar-refractivity contribution in [2.45, 2.75) is 6.54 Å². The lowest BCUT2D eigenvalue weighted by molar-refractivity contribution is 0.0947. The van der Waals surface area contributed by atoms with Gasteiger partial charge in [-0.1, -0.05) is 29.8 Å². The molecular formula is C16H11ClF2N4O. The van der Waals surface area contributed by atoms with E-state index < -0.39 is 22.6 Å². The zero-order valence-corrected chi connectivity index (χ0v) is 12.9. The minimum absolute atomic E-state index is 0.162. The van der Waals surface area contributed by atoms with E-state index in [0.29, 0.717) is 5.82 Å². The maximum absolute atomic E-state index is 13.8. The topological polar surface area (TPSA) is 70.7 Å². The molecule has 24 heavy (non-hydrogen) atoms. The molecule has 5 nitrogen and oxygen atoms in total. The van der Waals surface area contributed by atoms with Crippen molar-refractivity contribution in [2.24, 2.45) is 0 Å². The summed E-state index contributed by atoms with van der Waals surface area (Å²) in [6.45, 7) is 0.162. The number of nitrogens with zero attached hydrogens (tertiary/aromatic N) is 2. The fraction of sp³-hybridized carbons (Fsp3) is 0.0625. The zero-order valence-electron chi connectivity index (χ0n) is 12.2. The van der Waals surface area contributed by atoms with Gasteiger partial charge in [0.15, 0.2) is 11.6 Å². The molecule has 0 spiro atoms. The van der Waals surface area contributed by atoms with Crippen LogP contribution >= 0.6 is 11.6 Å². The molecule has 0 saturated heterocycles. The first-order chi connectivity index (χ1) is 11.6. The second-order valence-corrected chi connectivity index (χ2v) is 5.32. The van der Waals surface area contributed by atoms with Crippen LogP contribution in [0, 0.1) is 11.6 Å². The third-order valence-electron chi connectivity index (χ3n) is 3.35. The van der Waals surface area contributed by atoms with Crippen molar-refractivity contribution in [3.05, 3.63) is 70.5 Å². The molecule has 0 bridgehead atoms. The first-order valence-corrected chi connectivity index (χ1v) is 7.30. The Morgan fingerprint density at radius 2 is 2.08 bits per heavy atom. The minimum Gasteiger partial charge on any atom is -0.348 e. The maximum atomic E-state index is 13.8. The van der Waals surface area contributed by atoms with Crippen LogP contribution in [0.4, 0.5) is 8.78 Å². The highest BCUT2D eigenvalue weighted by molar-refractivity contribution is 6.31. The van der Waals surface area contributed by atoms with E-state index in [2.05, 4.69) is 20.5 Å². The van der Waals surface area contributed by atoms with Crippen LogP contribution in [0.25, 0.3) is 11.4 Å². The van der Waals surface area contributed by atoms with Gasteiger partial charge < -0.3 is 5.32 Å². The van der Waals surface area contributed by atoms with E-state index in [4.69, 9.17) is 11.6 Å². The monoisotopic (exact) mass is 348 g/mol. The lowest BCUT2D eigenvalue weighted by Gasteiger charge is -2.08.